The quantitative estimate of drug-likeness (QED) is 0.239. The second-order valence-corrected chi connectivity index (χ2v) is 8.76. The Labute approximate surface area is 207 Å². The van der Waals surface area contributed by atoms with Gasteiger partial charge in [-0.1, -0.05) is 31.0 Å². The van der Waals surface area contributed by atoms with Crippen LogP contribution in [-0.2, 0) is 6.42 Å². The Hall–Kier alpha value is -3.77. The van der Waals surface area contributed by atoms with Crippen molar-refractivity contribution in [1.29, 1.82) is 0 Å². The molecule has 0 spiro atoms. The fraction of sp³-hybridized carbons (Fsp3) is 0.214. The molecule has 4 aromatic rings. The summed E-state index contributed by atoms with van der Waals surface area (Å²) in [6.07, 6.45) is 1.44. The summed E-state index contributed by atoms with van der Waals surface area (Å²) in [7, 11) is 0. The predicted octanol–water partition coefficient (Wildman–Crippen LogP) is 6.36. The van der Waals surface area contributed by atoms with Crippen molar-refractivity contribution in [3.05, 3.63) is 86.7 Å². The lowest BCUT2D eigenvalue weighted by Gasteiger charge is -2.19. The zero-order chi connectivity index (χ0) is 24.5. The van der Waals surface area contributed by atoms with E-state index >= 15 is 0 Å². The molecule has 0 N–H and O–H groups in total. The summed E-state index contributed by atoms with van der Waals surface area (Å²) in [5.41, 5.74) is 2.48. The molecule has 35 heavy (non-hydrogen) atoms. The molecular formula is C28H23ClO6. The van der Waals surface area contributed by atoms with Gasteiger partial charge in [-0.15, -0.1) is 0 Å². The van der Waals surface area contributed by atoms with Crippen molar-refractivity contribution in [2.45, 2.75) is 26.7 Å². The van der Waals surface area contributed by atoms with Crippen LogP contribution in [0.25, 0.3) is 22.1 Å². The molecule has 0 atom stereocenters. The van der Waals surface area contributed by atoms with Crippen molar-refractivity contribution in [3.63, 3.8) is 0 Å². The smallest absolute Gasteiger partial charge is 0.343 e. The maximum atomic E-state index is 13.6. The lowest BCUT2D eigenvalue weighted by atomic mass is 9.99. The molecule has 178 valence electrons. The first-order valence-corrected chi connectivity index (χ1v) is 11.8. The highest BCUT2D eigenvalue weighted by Gasteiger charge is 2.20. The van der Waals surface area contributed by atoms with Crippen LogP contribution in [0.5, 0.6) is 17.2 Å². The minimum absolute atomic E-state index is 0.159. The maximum absolute atomic E-state index is 13.6. The van der Waals surface area contributed by atoms with Crippen molar-refractivity contribution in [2.75, 3.05) is 13.2 Å². The molecule has 6 nitrogen and oxygen atoms in total. The number of rotatable bonds is 5. The first kappa shape index (κ1) is 23.0. The van der Waals surface area contributed by atoms with Gasteiger partial charge in [-0.05, 0) is 66.9 Å². The molecule has 7 heteroatoms. The summed E-state index contributed by atoms with van der Waals surface area (Å²) in [5.74, 6) is 1.57. The van der Waals surface area contributed by atoms with E-state index in [1.807, 2.05) is 13.0 Å². The zero-order valence-corrected chi connectivity index (χ0v) is 20.1. The molecule has 3 aromatic carbocycles. The van der Waals surface area contributed by atoms with Crippen LogP contribution in [-0.4, -0.2) is 19.2 Å². The van der Waals surface area contributed by atoms with Crippen LogP contribution >= 0.6 is 11.6 Å². The molecule has 0 saturated carbocycles. The van der Waals surface area contributed by atoms with Crippen LogP contribution in [0.2, 0.25) is 5.02 Å². The number of carbonyl (C=O) groups excluding carboxylic acids is 1. The van der Waals surface area contributed by atoms with Gasteiger partial charge in [0, 0.05) is 11.1 Å². The van der Waals surface area contributed by atoms with Crippen molar-refractivity contribution in [1.82, 2.24) is 0 Å². The second-order valence-electron chi connectivity index (χ2n) is 8.32. The molecule has 0 bridgehead atoms. The summed E-state index contributed by atoms with van der Waals surface area (Å²) in [6, 6.07) is 15.3. The van der Waals surface area contributed by atoms with Crippen LogP contribution in [0.1, 0.15) is 35.0 Å². The van der Waals surface area contributed by atoms with E-state index in [1.54, 1.807) is 55.5 Å². The summed E-state index contributed by atoms with van der Waals surface area (Å²) < 4.78 is 23.1. The van der Waals surface area contributed by atoms with Gasteiger partial charge in [0.15, 0.2) is 11.5 Å². The fourth-order valence-corrected chi connectivity index (χ4v) is 4.34. The van der Waals surface area contributed by atoms with Gasteiger partial charge in [-0.2, -0.15) is 0 Å². The first-order chi connectivity index (χ1) is 16.9. The molecule has 0 saturated heterocycles. The van der Waals surface area contributed by atoms with E-state index in [1.165, 1.54) is 0 Å². The summed E-state index contributed by atoms with van der Waals surface area (Å²) in [6.45, 7) is 4.72. The van der Waals surface area contributed by atoms with Gasteiger partial charge in [-0.25, -0.2) is 4.79 Å². The number of fused-ring (bicyclic) bond motifs is 2. The van der Waals surface area contributed by atoms with E-state index in [0.717, 1.165) is 12.0 Å². The van der Waals surface area contributed by atoms with Crippen molar-refractivity contribution in [2.24, 2.45) is 0 Å². The molecular weight excluding hydrogens is 468 g/mol. The number of halogens is 1. The molecule has 1 aliphatic rings. The number of ether oxygens (including phenoxy) is 3. The average molecular weight is 491 g/mol. The standard InChI is InChI=1S/C28H23ClO6/c1-3-4-18-13-21-24(15-23(18)35-28(31)17-5-8-20(29)9-6-17)34-16(2)26(27(21)30)19-7-10-22-25(14-19)33-12-11-32-22/h5-10,13-15H,3-4,11-12H2,1-2H3. The van der Waals surface area contributed by atoms with E-state index in [2.05, 4.69) is 0 Å². The molecule has 0 unspecified atom stereocenters. The number of aryl methyl sites for hydroxylation is 2. The number of esters is 1. The minimum atomic E-state index is -0.509. The molecule has 1 aliphatic heterocycles. The molecule has 0 aliphatic carbocycles. The third-order valence-electron chi connectivity index (χ3n) is 5.88. The second kappa shape index (κ2) is 9.47. The van der Waals surface area contributed by atoms with Crippen molar-refractivity contribution >= 4 is 28.5 Å². The van der Waals surface area contributed by atoms with Crippen LogP contribution in [0, 0.1) is 6.92 Å². The number of benzene rings is 3. The topological polar surface area (TPSA) is 75.0 Å². The van der Waals surface area contributed by atoms with Gasteiger partial charge in [0.25, 0.3) is 0 Å². The minimum Gasteiger partial charge on any atom is -0.486 e. The van der Waals surface area contributed by atoms with Gasteiger partial charge in [0.1, 0.15) is 30.3 Å². The molecule has 2 heterocycles. The van der Waals surface area contributed by atoms with E-state index in [9.17, 15) is 9.59 Å². The molecule has 5 rings (SSSR count). The number of hydrogen-bond donors (Lipinski definition) is 0. The highest BCUT2D eigenvalue weighted by Crippen LogP contribution is 2.36. The Morgan fingerprint density at radius 1 is 1.00 bits per heavy atom. The Balaban J connectivity index is 1.58. The van der Waals surface area contributed by atoms with Gasteiger partial charge < -0.3 is 18.6 Å². The monoisotopic (exact) mass is 490 g/mol. The van der Waals surface area contributed by atoms with Crippen molar-refractivity contribution < 1.29 is 23.4 Å². The van der Waals surface area contributed by atoms with E-state index in [-0.39, 0.29) is 5.43 Å². The SMILES string of the molecule is CCCc1cc2c(=O)c(-c3ccc4c(c3)OCCO4)c(C)oc2cc1OC(=O)c1ccc(Cl)cc1. The van der Waals surface area contributed by atoms with Gasteiger partial charge >= 0.3 is 5.97 Å². The van der Waals surface area contributed by atoms with E-state index in [4.69, 9.17) is 30.2 Å². The molecule has 0 radical (unpaired) electrons. The average Bonchev–Trinajstić information content (AvgIpc) is 2.85. The third kappa shape index (κ3) is 4.49. The fourth-order valence-electron chi connectivity index (χ4n) is 4.22. The van der Waals surface area contributed by atoms with Crippen molar-refractivity contribution in [3.8, 4) is 28.4 Å². The molecule has 1 aromatic heterocycles. The molecule has 0 amide bonds. The summed E-state index contributed by atoms with van der Waals surface area (Å²) >= 11 is 5.92. The van der Waals surface area contributed by atoms with E-state index < -0.39 is 5.97 Å². The Morgan fingerprint density at radius 2 is 1.74 bits per heavy atom. The van der Waals surface area contributed by atoms with Crippen LogP contribution < -0.4 is 19.6 Å². The highest BCUT2D eigenvalue weighted by molar-refractivity contribution is 6.30. The van der Waals surface area contributed by atoms with E-state index in [0.29, 0.717) is 75.3 Å². The van der Waals surface area contributed by atoms with Crippen LogP contribution in [0.3, 0.4) is 0 Å². The first-order valence-electron chi connectivity index (χ1n) is 11.4. The zero-order valence-electron chi connectivity index (χ0n) is 19.4. The largest absolute Gasteiger partial charge is 0.486 e. The Bertz CT molecular complexity index is 1490. The van der Waals surface area contributed by atoms with Gasteiger partial charge in [0.05, 0.1) is 16.5 Å². The van der Waals surface area contributed by atoms with Crippen LogP contribution in [0.4, 0.5) is 0 Å². The van der Waals surface area contributed by atoms with Crippen LogP contribution in [0.15, 0.2) is 63.8 Å². The lowest BCUT2D eigenvalue weighted by Crippen LogP contribution is -2.15. The predicted molar refractivity (Wildman–Crippen MR) is 134 cm³/mol. The third-order valence-corrected chi connectivity index (χ3v) is 6.13. The maximum Gasteiger partial charge on any atom is 0.343 e. The number of carbonyl (C=O) groups is 1. The Kier molecular flexibility index (Phi) is 6.22. The number of hydrogen-bond acceptors (Lipinski definition) is 6. The van der Waals surface area contributed by atoms with Gasteiger partial charge in [0.2, 0.25) is 5.43 Å². The lowest BCUT2D eigenvalue weighted by molar-refractivity contribution is 0.0733. The normalized spacial score (nSPS) is 12.5. The highest BCUT2D eigenvalue weighted by atomic mass is 35.5. The Morgan fingerprint density at radius 3 is 2.49 bits per heavy atom. The van der Waals surface area contributed by atoms with Gasteiger partial charge in [-0.3, -0.25) is 4.79 Å². The summed E-state index contributed by atoms with van der Waals surface area (Å²) in [4.78, 5) is 26.3. The summed E-state index contributed by atoms with van der Waals surface area (Å²) in [5, 5.41) is 0.959. The molecule has 0 fully saturated rings.